The number of methoxy groups -OCH3 is 3. The molecule has 21 nitrogen and oxygen atoms in total. The van der Waals surface area contributed by atoms with Crippen LogP contribution in [0.3, 0.4) is 0 Å². The number of rotatable bonds is 31. The Hall–Kier alpha value is -12.2. The van der Waals surface area contributed by atoms with Crippen molar-refractivity contribution in [3.63, 3.8) is 0 Å². The molecule has 0 atom stereocenters. The summed E-state index contributed by atoms with van der Waals surface area (Å²) in [4.78, 5) is 104. The zero-order chi connectivity index (χ0) is 95.2. The number of allylic oxidation sites excluding steroid dienone is 2. The number of halogens is 2. The van der Waals surface area contributed by atoms with Crippen molar-refractivity contribution in [3.8, 4) is 17.2 Å². The Balaban J connectivity index is 0.000000142. The van der Waals surface area contributed by atoms with E-state index in [0.29, 0.717) is 95.4 Å². The van der Waals surface area contributed by atoms with E-state index in [1.165, 1.54) is 85.5 Å². The highest BCUT2D eigenvalue weighted by molar-refractivity contribution is 6.22. The van der Waals surface area contributed by atoms with E-state index in [4.69, 9.17) is 37.3 Å². The molecule has 0 spiro atoms. The Labute approximate surface area is 795 Å². The summed E-state index contributed by atoms with van der Waals surface area (Å²) in [5, 5.41) is 10.9. The number of nitrogens with two attached hydrogens (primary N) is 2. The fourth-order valence-electron chi connectivity index (χ4n) is 20.0. The van der Waals surface area contributed by atoms with Gasteiger partial charge in [-0.1, -0.05) is 46.1 Å². The number of hydrogen-bond donors (Lipinski definition) is 2. The number of ketones is 8. The van der Waals surface area contributed by atoms with Gasteiger partial charge in [-0.05, 0) is 295 Å². The van der Waals surface area contributed by atoms with Gasteiger partial charge in [0.1, 0.15) is 17.2 Å². The molecule has 0 aliphatic heterocycles. The van der Waals surface area contributed by atoms with Crippen LogP contribution in [0.15, 0.2) is 159 Å². The van der Waals surface area contributed by atoms with E-state index in [2.05, 4.69) is 129 Å². The molecule has 18 rings (SSSR count). The van der Waals surface area contributed by atoms with Crippen LogP contribution in [0, 0.1) is 0 Å². The lowest BCUT2D eigenvalue weighted by molar-refractivity contribution is 0.0975. The zero-order valence-electron chi connectivity index (χ0n) is 80.3. The molecule has 700 valence electrons. The summed E-state index contributed by atoms with van der Waals surface area (Å²) >= 11 is 5.78. The maximum Gasteiger partial charge on any atom is 0.164 e. The summed E-state index contributed by atoms with van der Waals surface area (Å²) in [5.41, 5.74) is 37.1. The van der Waals surface area contributed by atoms with E-state index >= 15 is 0 Å². The third-order valence-electron chi connectivity index (χ3n) is 26.7. The Morgan fingerprint density at radius 2 is 0.701 bits per heavy atom. The quantitative estimate of drug-likeness (QED) is 0.0303. The SMILES string of the molecule is C=C1CCc2c1ccc1c2c2c3c(ccc2n1CCN)C(=O)CC3.C=C1CCc2c1ccc1c2c2cc(C(C)=O)c(OC)cc2n1CCCN(C)C.CC(=O)c1ccc2c(c1)c1cc(C(C)=O)ccc1n2CCN.CCCC(=O)c1ccc2c(c1)c1cc(C(=O)CCCl)ccc1n2CCN(CC)CC.COc1cc2c(cc1C(C)=O)c1cc(C(C)=O)c(OC)cc1n2CCCN(C)C.Cl. The Kier molecular flexibility index (Phi) is 31.9. The van der Waals surface area contributed by atoms with E-state index in [9.17, 15) is 38.4 Å². The predicted molar refractivity (Wildman–Crippen MR) is 553 cm³/mol. The van der Waals surface area contributed by atoms with Gasteiger partial charge < -0.3 is 63.2 Å². The van der Waals surface area contributed by atoms with Crippen LogP contribution in [0.5, 0.6) is 17.2 Å². The third-order valence-corrected chi connectivity index (χ3v) is 26.9. The van der Waals surface area contributed by atoms with Crippen LogP contribution < -0.4 is 25.7 Å². The first kappa shape index (κ1) is 99.3. The first-order chi connectivity index (χ1) is 64.0. The molecule has 0 bridgehead atoms. The highest BCUT2D eigenvalue weighted by atomic mass is 35.5. The van der Waals surface area contributed by atoms with Crippen molar-refractivity contribution in [3.05, 3.63) is 231 Å². The number of aromatic nitrogens is 5. The monoisotopic (exact) mass is 1840 g/mol. The number of alkyl halides is 1. The van der Waals surface area contributed by atoms with Crippen LogP contribution in [-0.4, -0.2) is 185 Å². The molecule has 5 heterocycles. The molecule has 5 aromatic heterocycles. The van der Waals surface area contributed by atoms with Crippen molar-refractivity contribution >= 4 is 190 Å². The second-order valence-electron chi connectivity index (χ2n) is 35.7. The van der Waals surface area contributed by atoms with Gasteiger partial charge in [0.05, 0.1) is 54.6 Å². The van der Waals surface area contributed by atoms with Gasteiger partial charge in [0.25, 0.3) is 0 Å². The fraction of sp³-hybridized carbons (Fsp3) is 0.351. The maximum absolute atomic E-state index is 12.5. The second kappa shape index (κ2) is 43.0. The number of ether oxygens (including phenoxy) is 3. The van der Waals surface area contributed by atoms with Crippen LogP contribution in [0.4, 0.5) is 0 Å². The largest absolute Gasteiger partial charge is 0.496 e. The molecule has 15 aromatic rings. The molecule has 134 heavy (non-hydrogen) atoms. The Morgan fingerprint density at radius 1 is 0.373 bits per heavy atom. The molecular formula is C111H126Cl2N10O11. The third kappa shape index (κ3) is 19.7. The summed E-state index contributed by atoms with van der Waals surface area (Å²) < 4.78 is 27.9. The molecular weight excluding hydrogens is 1720 g/mol. The van der Waals surface area contributed by atoms with E-state index in [-0.39, 0.29) is 58.7 Å². The van der Waals surface area contributed by atoms with Crippen LogP contribution in [-0.2, 0) is 52.0 Å². The van der Waals surface area contributed by atoms with Gasteiger partial charge >= 0.3 is 0 Å². The van der Waals surface area contributed by atoms with Crippen molar-refractivity contribution in [2.45, 2.75) is 159 Å². The van der Waals surface area contributed by atoms with Crippen molar-refractivity contribution < 1.29 is 52.6 Å². The number of nitrogens with zero attached hydrogens (tertiary/aromatic N) is 8. The van der Waals surface area contributed by atoms with Gasteiger partial charge in [0, 0.05) is 216 Å². The molecule has 0 saturated carbocycles. The van der Waals surface area contributed by atoms with Gasteiger partial charge in [0.15, 0.2) is 46.3 Å². The van der Waals surface area contributed by atoms with E-state index < -0.39 is 0 Å². The molecule has 0 fully saturated rings. The number of fused-ring (bicyclic) bond motifs is 21. The predicted octanol–water partition coefficient (Wildman–Crippen LogP) is 22.4. The first-order valence-electron chi connectivity index (χ1n) is 46.5. The average Bonchev–Trinajstić information content (AvgIpc) is 1.54. The lowest BCUT2D eigenvalue weighted by Gasteiger charge is -2.19. The molecule has 3 aliphatic carbocycles. The Bertz CT molecular complexity index is 6880. The molecule has 3 aliphatic rings. The fourth-order valence-corrected chi connectivity index (χ4v) is 20.2. The first-order valence-corrected chi connectivity index (χ1v) is 47.1. The standard InChI is InChI=1S/C25H31ClN2O2.C24H28N2O2.C23H28N2O4.C21H20N2O.C18H18N2O2.ClH/c1-4-7-24(29)18-8-10-22-20(16-18)21-17-19(25(30)12-13-26)9-11-23(21)28(22)15-14-27(5-2)6-3;1-15-7-8-18-17(15)9-10-21-24(18)20-13-19(16(2)27)23(28-5)14-22(20)26(21)12-6-11-25(3)4;1-14(26)16-10-18-19-11-17(15(2)27)23(29-6)13-21(19)25(9-7-8-24(3)4)20(18)12-22(16)28-5;1-12-2-3-15-13(12)4-7-17-20(15)21-16-6-9-19(24)14(16)5-8-18(21)23(17)11-10-22;1-11(21)13-3-5-17-15(9-13)16-10-14(12(2)22)4-6-18(16)20(17)8-7-19;/h8-11,16-17H,4-7,12-15H2,1-3H3;9-10,13-14H,1,6-8,11-12H2,2-5H3;10-13H,7-9H2,1-6H3;4-5,7-8H,1-3,6,9-11,22H2;3-6,9-10H,7-8,19H2,1-2H3;1H. The molecule has 23 heteroatoms. The minimum Gasteiger partial charge on any atom is -0.496 e. The molecule has 0 radical (unpaired) electrons. The number of benzene rings is 10. The summed E-state index contributed by atoms with van der Waals surface area (Å²) in [6.07, 6.45) is 9.33. The van der Waals surface area contributed by atoms with Crippen molar-refractivity contribution in [2.24, 2.45) is 11.5 Å². The van der Waals surface area contributed by atoms with E-state index in [1.807, 2.05) is 116 Å². The normalized spacial score (nSPS) is 12.7. The molecule has 4 N–H and O–H groups in total. The minimum atomic E-state index is -0.0578. The molecule has 10 aromatic carbocycles. The van der Waals surface area contributed by atoms with Gasteiger partial charge in [-0.2, -0.15) is 0 Å². The highest BCUT2D eigenvalue weighted by Crippen LogP contribution is 2.47. The number of aryl methyl sites for hydroxylation is 5. The summed E-state index contributed by atoms with van der Waals surface area (Å²) in [6, 6.07) is 47.9. The number of hydrogen-bond acceptors (Lipinski definition) is 16. The number of carbonyl (C=O) groups excluding carboxylic acids is 8. The zero-order valence-corrected chi connectivity index (χ0v) is 81.8. The topological polar surface area (TPSA) is 251 Å². The van der Waals surface area contributed by atoms with Crippen LogP contribution in [0.25, 0.3) is 120 Å². The maximum atomic E-state index is 12.5. The summed E-state index contributed by atoms with van der Waals surface area (Å²) in [6.45, 7) is 32.8. The summed E-state index contributed by atoms with van der Waals surface area (Å²) in [5.74, 6) is 2.56. The average molecular weight is 1850 g/mol. The highest BCUT2D eigenvalue weighted by Gasteiger charge is 2.31. The minimum absolute atomic E-state index is 0. The lowest BCUT2D eigenvalue weighted by Crippen LogP contribution is -2.26. The van der Waals surface area contributed by atoms with Crippen LogP contribution in [0.1, 0.15) is 217 Å². The van der Waals surface area contributed by atoms with E-state index in [0.717, 1.165) is 198 Å². The number of Topliss-reactive ketones (excluding diaryl/α,β-unsaturated/α-hetero) is 8. The number of carbonyl (C=O) groups is 8. The van der Waals surface area contributed by atoms with Gasteiger partial charge in [-0.3, -0.25) is 38.4 Å². The van der Waals surface area contributed by atoms with Gasteiger partial charge in [0.2, 0.25) is 0 Å². The van der Waals surface area contributed by atoms with E-state index in [1.54, 1.807) is 42.1 Å². The van der Waals surface area contributed by atoms with Gasteiger partial charge in [-0.15, -0.1) is 24.0 Å². The van der Waals surface area contributed by atoms with Crippen LogP contribution in [0.2, 0.25) is 0 Å². The second-order valence-corrected chi connectivity index (χ2v) is 36.1. The summed E-state index contributed by atoms with van der Waals surface area (Å²) in [7, 11) is 13.1. The molecule has 0 amide bonds. The molecule has 0 saturated heterocycles. The molecule has 0 unspecified atom stereocenters. The lowest BCUT2D eigenvalue weighted by atomic mass is 9.97. The van der Waals surface area contributed by atoms with Crippen molar-refractivity contribution in [1.82, 2.24) is 37.5 Å². The van der Waals surface area contributed by atoms with Crippen molar-refractivity contribution in [1.29, 1.82) is 0 Å². The Morgan fingerprint density at radius 3 is 1.09 bits per heavy atom. The smallest absolute Gasteiger partial charge is 0.164 e. The number of likely N-dealkylation sites (N-methyl/N-ethyl adjacent to an activating group) is 1. The van der Waals surface area contributed by atoms with Gasteiger partial charge in [-0.25, -0.2) is 0 Å². The van der Waals surface area contributed by atoms with Crippen molar-refractivity contribution in [2.75, 3.05) is 101 Å². The van der Waals surface area contributed by atoms with Crippen LogP contribution >= 0.6 is 24.0 Å².